The van der Waals surface area contributed by atoms with Gasteiger partial charge >= 0.3 is 0 Å². The molecule has 3 nitrogen and oxygen atoms in total. The Morgan fingerprint density at radius 3 is 2.60 bits per heavy atom. The first kappa shape index (κ1) is 10.3. The molecule has 1 unspecified atom stereocenters. The van der Waals surface area contributed by atoms with Crippen molar-refractivity contribution < 1.29 is 4.79 Å². The smallest absolute Gasteiger partial charge is 0.256 e. The summed E-state index contributed by atoms with van der Waals surface area (Å²) in [6.45, 7) is 0. The van der Waals surface area contributed by atoms with Crippen LogP contribution in [0.15, 0.2) is 12.1 Å². The van der Waals surface area contributed by atoms with Crippen LogP contribution >= 0.6 is 23.2 Å². The minimum atomic E-state index is -0.640. The Balaban J connectivity index is 2.76. The summed E-state index contributed by atoms with van der Waals surface area (Å²) in [6.07, 6.45) is 0. The SMILES string of the molecule is CN1C(=O)c2c(Cl)ccc(Cl)c2C1C#N. The number of carbonyl (C=O) groups excluding carboxylic acids is 1. The summed E-state index contributed by atoms with van der Waals surface area (Å²) in [7, 11) is 1.56. The third-order valence-electron chi connectivity index (χ3n) is 2.46. The van der Waals surface area contributed by atoms with Crippen molar-refractivity contribution in [2.45, 2.75) is 6.04 Å². The number of halogens is 2. The summed E-state index contributed by atoms with van der Waals surface area (Å²) in [5.41, 5.74) is 0.859. The van der Waals surface area contributed by atoms with E-state index in [0.717, 1.165) is 0 Å². The Labute approximate surface area is 96.8 Å². The molecule has 0 fully saturated rings. The molecule has 1 aromatic carbocycles. The quantitative estimate of drug-likeness (QED) is 0.700. The summed E-state index contributed by atoms with van der Waals surface area (Å²) < 4.78 is 0. The van der Waals surface area contributed by atoms with Gasteiger partial charge in [-0.15, -0.1) is 0 Å². The van der Waals surface area contributed by atoms with Crippen molar-refractivity contribution in [1.82, 2.24) is 4.90 Å². The molecule has 1 amide bonds. The van der Waals surface area contributed by atoms with Gasteiger partial charge in [0.1, 0.15) is 6.04 Å². The Morgan fingerprint density at radius 1 is 1.40 bits per heavy atom. The number of hydrogen-bond acceptors (Lipinski definition) is 2. The molecule has 0 radical (unpaired) electrons. The van der Waals surface area contributed by atoms with Gasteiger partial charge in [0.05, 0.1) is 16.7 Å². The average molecular weight is 241 g/mol. The number of hydrogen-bond donors (Lipinski definition) is 0. The number of amides is 1. The van der Waals surface area contributed by atoms with Crippen molar-refractivity contribution in [1.29, 1.82) is 5.26 Å². The highest BCUT2D eigenvalue weighted by molar-refractivity contribution is 6.37. The molecule has 1 aliphatic heterocycles. The number of fused-ring (bicyclic) bond motifs is 1. The fraction of sp³-hybridized carbons (Fsp3) is 0.200. The molecule has 15 heavy (non-hydrogen) atoms. The van der Waals surface area contributed by atoms with E-state index in [4.69, 9.17) is 28.5 Å². The van der Waals surface area contributed by atoms with E-state index in [2.05, 4.69) is 0 Å². The first-order valence-corrected chi connectivity index (χ1v) is 4.98. The second kappa shape index (κ2) is 3.41. The van der Waals surface area contributed by atoms with E-state index < -0.39 is 6.04 Å². The zero-order valence-corrected chi connectivity index (χ0v) is 9.30. The molecule has 5 heteroatoms. The van der Waals surface area contributed by atoms with Gasteiger partial charge in [-0.05, 0) is 12.1 Å². The van der Waals surface area contributed by atoms with Crippen LogP contribution < -0.4 is 0 Å². The Bertz CT molecular complexity index is 493. The van der Waals surface area contributed by atoms with Gasteiger partial charge < -0.3 is 4.90 Å². The highest BCUT2D eigenvalue weighted by Crippen LogP contribution is 2.40. The third kappa shape index (κ3) is 1.30. The molecule has 76 valence electrons. The van der Waals surface area contributed by atoms with E-state index in [1.807, 2.05) is 6.07 Å². The van der Waals surface area contributed by atoms with Gasteiger partial charge in [0.15, 0.2) is 0 Å². The molecule has 0 saturated carbocycles. The van der Waals surface area contributed by atoms with Crippen molar-refractivity contribution in [2.75, 3.05) is 7.05 Å². The zero-order chi connectivity index (χ0) is 11.2. The van der Waals surface area contributed by atoms with E-state index in [9.17, 15) is 4.79 Å². The lowest BCUT2D eigenvalue weighted by Gasteiger charge is -2.12. The zero-order valence-electron chi connectivity index (χ0n) is 7.79. The topological polar surface area (TPSA) is 44.1 Å². The summed E-state index contributed by atoms with van der Waals surface area (Å²) >= 11 is 11.9. The molecule has 0 aromatic heterocycles. The highest BCUT2D eigenvalue weighted by atomic mass is 35.5. The standard InChI is InChI=1S/C10H6Cl2N2O/c1-14-7(4-13)8-5(11)2-3-6(12)9(8)10(14)15/h2-3,7H,1H3. The third-order valence-corrected chi connectivity index (χ3v) is 3.10. The summed E-state index contributed by atoms with van der Waals surface area (Å²) in [6, 6.07) is 4.55. The number of rotatable bonds is 0. The molecule has 0 spiro atoms. The highest BCUT2D eigenvalue weighted by Gasteiger charge is 2.37. The van der Waals surface area contributed by atoms with Gasteiger partial charge in [-0.25, -0.2) is 0 Å². The lowest BCUT2D eigenvalue weighted by Crippen LogP contribution is -2.21. The van der Waals surface area contributed by atoms with Crippen LogP contribution in [0.5, 0.6) is 0 Å². The maximum Gasteiger partial charge on any atom is 0.256 e. The Morgan fingerprint density at radius 2 is 2.00 bits per heavy atom. The molecule has 0 saturated heterocycles. The van der Waals surface area contributed by atoms with Crippen molar-refractivity contribution in [3.05, 3.63) is 33.3 Å². The van der Waals surface area contributed by atoms with Gasteiger partial charge in [-0.2, -0.15) is 5.26 Å². The first-order chi connectivity index (χ1) is 7.07. The lowest BCUT2D eigenvalue weighted by atomic mass is 10.1. The van der Waals surface area contributed by atoms with Gasteiger partial charge in [0.25, 0.3) is 5.91 Å². The molecule has 1 aliphatic rings. The van der Waals surface area contributed by atoms with Gasteiger partial charge in [0.2, 0.25) is 0 Å². The molecule has 0 bridgehead atoms. The lowest BCUT2D eigenvalue weighted by molar-refractivity contribution is 0.0800. The fourth-order valence-corrected chi connectivity index (χ4v) is 2.20. The minimum Gasteiger partial charge on any atom is -0.322 e. The van der Waals surface area contributed by atoms with Crippen LogP contribution in [0.1, 0.15) is 22.0 Å². The van der Waals surface area contributed by atoms with Crippen molar-refractivity contribution >= 4 is 29.1 Å². The second-order valence-electron chi connectivity index (χ2n) is 3.27. The maximum absolute atomic E-state index is 11.8. The molecule has 1 heterocycles. The first-order valence-electron chi connectivity index (χ1n) is 4.22. The maximum atomic E-state index is 11.8. The molecule has 0 aliphatic carbocycles. The predicted octanol–water partition coefficient (Wildman–Crippen LogP) is 2.64. The molecular formula is C10H6Cl2N2O. The second-order valence-corrected chi connectivity index (χ2v) is 4.08. The number of nitriles is 1. The van der Waals surface area contributed by atoms with E-state index in [1.54, 1.807) is 19.2 Å². The van der Waals surface area contributed by atoms with Gasteiger partial charge in [-0.1, -0.05) is 23.2 Å². The van der Waals surface area contributed by atoms with Crippen molar-refractivity contribution in [2.24, 2.45) is 0 Å². The molecule has 2 rings (SSSR count). The number of nitrogens with zero attached hydrogens (tertiary/aromatic N) is 2. The number of benzene rings is 1. The Kier molecular flexibility index (Phi) is 2.34. The minimum absolute atomic E-state index is 0.260. The van der Waals surface area contributed by atoms with Crippen LogP contribution in [-0.2, 0) is 0 Å². The predicted molar refractivity (Wildman–Crippen MR) is 56.9 cm³/mol. The van der Waals surface area contributed by atoms with E-state index in [-0.39, 0.29) is 5.91 Å². The van der Waals surface area contributed by atoms with Crippen LogP contribution in [-0.4, -0.2) is 17.9 Å². The van der Waals surface area contributed by atoms with Crippen LogP contribution in [0, 0.1) is 11.3 Å². The summed E-state index contributed by atoms with van der Waals surface area (Å²) in [5, 5.41) is 9.71. The normalized spacial score (nSPS) is 18.9. The van der Waals surface area contributed by atoms with E-state index in [1.165, 1.54) is 4.90 Å². The molecular weight excluding hydrogens is 235 g/mol. The fourth-order valence-electron chi connectivity index (χ4n) is 1.69. The summed E-state index contributed by atoms with van der Waals surface area (Å²) in [4.78, 5) is 13.1. The largest absolute Gasteiger partial charge is 0.322 e. The Hall–Kier alpha value is -1.24. The molecule has 1 atom stereocenters. The monoisotopic (exact) mass is 240 g/mol. The summed E-state index contributed by atoms with van der Waals surface area (Å²) in [5.74, 6) is -0.260. The molecule has 0 N–H and O–H groups in total. The van der Waals surface area contributed by atoms with Gasteiger partial charge in [0, 0.05) is 17.6 Å². The van der Waals surface area contributed by atoms with Crippen LogP contribution in [0.3, 0.4) is 0 Å². The van der Waals surface area contributed by atoms with Crippen molar-refractivity contribution in [3.63, 3.8) is 0 Å². The van der Waals surface area contributed by atoms with Gasteiger partial charge in [-0.3, -0.25) is 4.79 Å². The van der Waals surface area contributed by atoms with Crippen LogP contribution in [0.2, 0.25) is 10.0 Å². The van der Waals surface area contributed by atoms with Crippen LogP contribution in [0.4, 0.5) is 0 Å². The van der Waals surface area contributed by atoms with E-state index in [0.29, 0.717) is 21.2 Å². The van der Waals surface area contributed by atoms with Crippen LogP contribution in [0.25, 0.3) is 0 Å². The molecule has 1 aromatic rings. The average Bonchev–Trinajstić information content (AvgIpc) is 2.47. The number of carbonyl (C=O) groups is 1. The van der Waals surface area contributed by atoms with Crippen molar-refractivity contribution in [3.8, 4) is 6.07 Å². The van der Waals surface area contributed by atoms with E-state index >= 15 is 0 Å².